The molecule has 86 valence electrons. The van der Waals surface area contributed by atoms with Crippen molar-refractivity contribution in [1.82, 2.24) is 0 Å². The normalized spacial score (nSPS) is 20.7. The molecule has 0 saturated carbocycles. The summed E-state index contributed by atoms with van der Waals surface area (Å²) in [7, 11) is 0. The summed E-state index contributed by atoms with van der Waals surface area (Å²) in [5.74, 6) is 0.503. The zero-order valence-electron chi connectivity index (χ0n) is 8.93. The highest BCUT2D eigenvalue weighted by Crippen LogP contribution is 2.45. The minimum absolute atomic E-state index is 0.176. The lowest BCUT2D eigenvalue weighted by atomic mass is 9.93. The molecule has 0 fully saturated rings. The Kier molecular flexibility index (Phi) is 2.26. The Balaban J connectivity index is 2.56. The van der Waals surface area contributed by atoms with E-state index in [1.165, 1.54) is 0 Å². The van der Waals surface area contributed by atoms with Crippen LogP contribution in [-0.2, 0) is 0 Å². The molecule has 0 aliphatic carbocycles. The fourth-order valence-electron chi connectivity index (χ4n) is 1.85. The smallest absolute Gasteiger partial charge is 0.410 e. The highest BCUT2D eigenvalue weighted by molar-refractivity contribution is 5.80. The molecule has 0 radical (unpaired) electrons. The van der Waals surface area contributed by atoms with Crippen LogP contribution in [0.2, 0.25) is 0 Å². The second-order valence-electron chi connectivity index (χ2n) is 4.21. The van der Waals surface area contributed by atoms with Crippen LogP contribution in [0, 0.1) is 0 Å². The molecule has 0 spiro atoms. The molecule has 0 bridgehead atoms. The van der Waals surface area contributed by atoms with Gasteiger partial charge in [0.15, 0.2) is 0 Å². The number of halogens is 3. The third kappa shape index (κ3) is 1.92. The van der Waals surface area contributed by atoms with E-state index in [1.54, 1.807) is 38.1 Å². The summed E-state index contributed by atoms with van der Waals surface area (Å²) >= 11 is 0. The molecular weight excluding hydrogens is 217 g/mol. The average Bonchev–Trinajstić information content (AvgIpc) is 2.36. The van der Waals surface area contributed by atoms with Gasteiger partial charge in [-0.2, -0.15) is 13.2 Å². The van der Waals surface area contributed by atoms with Crippen molar-refractivity contribution in [3.63, 3.8) is 0 Å². The van der Waals surface area contributed by atoms with Gasteiger partial charge in [0.25, 0.3) is 0 Å². The highest BCUT2D eigenvalue weighted by atomic mass is 19.4. The van der Waals surface area contributed by atoms with E-state index in [9.17, 15) is 13.2 Å². The molecule has 2 rings (SSSR count). The van der Waals surface area contributed by atoms with E-state index in [2.05, 4.69) is 0 Å². The first-order valence-corrected chi connectivity index (χ1v) is 4.88. The Morgan fingerprint density at radius 2 is 1.81 bits per heavy atom. The molecule has 0 amide bonds. The second kappa shape index (κ2) is 3.27. The zero-order valence-corrected chi connectivity index (χ0v) is 8.93. The van der Waals surface area contributed by atoms with Gasteiger partial charge in [0.1, 0.15) is 11.4 Å². The minimum atomic E-state index is -4.33. The Morgan fingerprint density at radius 3 is 2.44 bits per heavy atom. The molecule has 1 aliphatic heterocycles. The van der Waals surface area contributed by atoms with Crippen LogP contribution in [0.25, 0.3) is 5.57 Å². The number of hydrogen-bond acceptors (Lipinski definition) is 1. The Morgan fingerprint density at radius 1 is 1.19 bits per heavy atom. The van der Waals surface area contributed by atoms with Crippen LogP contribution in [0.3, 0.4) is 0 Å². The van der Waals surface area contributed by atoms with Crippen molar-refractivity contribution in [2.75, 3.05) is 0 Å². The van der Waals surface area contributed by atoms with Gasteiger partial charge in [-0.25, -0.2) is 0 Å². The van der Waals surface area contributed by atoms with Crippen molar-refractivity contribution in [2.24, 2.45) is 0 Å². The van der Waals surface area contributed by atoms with Crippen molar-refractivity contribution in [1.29, 1.82) is 0 Å². The zero-order chi connectivity index (χ0) is 12.0. The number of benzene rings is 1. The molecule has 1 aromatic rings. The topological polar surface area (TPSA) is 9.23 Å². The average molecular weight is 228 g/mol. The molecule has 0 unspecified atom stereocenters. The largest absolute Gasteiger partial charge is 0.483 e. The van der Waals surface area contributed by atoms with E-state index in [0.717, 1.165) is 0 Å². The van der Waals surface area contributed by atoms with Gasteiger partial charge in [0.2, 0.25) is 0 Å². The molecule has 16 heavy (non-hydrogen) atoms. The summed E-state index contributed by atoms with van der Waals surface area (Å²) in [4.78, 5) is 0. The van der Waals surface area contributed by atoms with Crippen LogP contribution in [-0.4, -0.2) is 11.8 Å². The summed E-state index contributed by atoms with van der Waals surface area (Å²) in [6.07, 6.45) is -4.01. The molecule has 1 aliphatic rings. The fraction of sp³-hybridized carbons (Fsp3) is 0.333. The molecule has 1 aromatic carbocycles. The van der Waals surface area contributed by atoms with Gasteiger partial charge >= 0.3 is 6.18 Å². The third-order valence-electron chi connectivity index (χ3n) is 2.50. The van der Waals surface area contributed by atoms with Crippen LogP contribution < -0.4 is 4.74 Å². The SMILES string of the molecule is CC1(C)Oc2ccccc2C1=CC(F)(F)F. The van der Waals surface area contributed by atoms with Crippen molar-refractivity contribution in [3.05, 3.63) is 35.9 Å². The maximum absolute atomic E-state index is 12.4. The number of ether oxygens (including phenoxy) is 1. The van der Waals surface area contributed by atoms with E-state index >= 15 is 0 Å². The lowest BCUT2D eigenvalue weighted by Crippen LogP contribution is -2.25. The number of alkyl halides is 3. The van der Waals surface area contributed by atoms with Crippen molar-refractivity contribution >= 4 is 5.57 Å². The van der Waals surface area contributed by atoms with Crippen molar-refractivity contribution < 1.29 is 17.9 Å². The number of para-hydroxylation sites is 1. The van der Waals surface area contributed by atoms with Crippen molar-refractivity contribution in [2.45, 2.75) is 25.6 Å². The van der Waals surface area contributed by atoms with E-state index in [0.29, 0.717) is 17.4 Å². The first-order chi connectivity index (χ1) is 7.30. The minimum Gasteiger partial charge on any atom is -0.483 e. The first kappa shape index (κ1) is 11.0. The Labute approximate surface area is 91.5 Å². The summed E-state index contributed by atoms with van der Waals surface area (Å²) < 4.78 is 42.7. The molecule has 0 N–H and O–H groups in total. The monoisotopic (exact) mass is 228 g/mol. The summed E-state index contributed by atoms with van der Waals surface area (Å²) in [6.45, 7) is 3.26. The highest BCUT2D eigenvalue weighted by Gasteiger charge is 2.39. The summed E-state index contributed by atoms with van der Waals surface area (Å²) in [5.41, 5.74) is -0.237. The molecule has 0 saturated heterocycles. The van der Waals surface area contributed by atoms with E-state index in [4.69, 9.17) is 4.74 Å². The van der Waals surface area contributed by atoms with Crippen LogP contribution in [0.4, 0.5) is 13.2 Å². The predicted octanol–water partition coefficient (Wildman–Crippen LogP) is 3.80. The molecule has 0 aromatic heterocycles. The molecule has 1 heterocycles. The molecular formula is C12H11F3O. The van der Waals surface area contributed by atoms with Gasteiger partial charge in [-0.15, -0.1) is 0 Å². The summed E-state index contributed by atoms with van der Waals surface area (Å²) in [6, 6.07) is 6.76. The van der Waals surface area contributed by atoms with E-state index in [-0.39, 0.29) is 5.57 Å². The number of hydrogen-bond donors (Lipinski definition) is 0. The number of rotatable bonds is 0. The lowest BCUT2D eigenvalue weighted by Gasteiger charge is -2.20. The van der Waals surface area contributed by atoms with E-state index in [1.807, 2.05) is 0 Å². The van der Waals surface area contributed by atoms with Crippen LogP contribution >= 0.6 is 0 Å². The molecule has 1 nitrogen and oxygen atoms in total. The standard InChI is InChI=1S/C12H11F3O/c1-11(2)9(7-12(13,14)15)8-5-3-4-6-10(8)16-11/h3-7H,1-2H3. The number of allylic oxidation sites excluding steroid dienone is 1. The first-order valence-electron chi connectivity index (χ1n) is 4.88. The van der Waals surface area contributed by atoms with Crippen LogP contribution in [0.5, 0.6) is 5.75 Å². The van der Waals surface area contributed by atoms with Gasteiger partial charge in [0, 0.05) is 17.2 Å². The number of fused-ring (bicyclic) bond motifs is 1. The lowest BCUT2D eigenvalue weighted by molar-refractivity contribution is -0.0799. The van der Waals surface area contributed by atoms with Crippen LogP contribution in [0.15, 0.2) is 30.3 Å². The molecule has 4 heteroatoms. The van der Waals surface area contributed by atoms with Gasteiger partial charge in [-0.3, -0.25) is 0 Å². The van der Waals surface area contributed by atoms with Gasteiger partial charge in [-0.05, 0) is 19.9 Å². The Bertz CT molecular complexity index is 444. The maximum atomic E-state index is 12.4. The predicted molar refractivity (Wildman–Crippen MR) is 55.2 cm³/mol. The van der Waals surface area contributed by atoms with Crippen LogP contribution in [0.1, 0.15) is 19.4 Å². The summed E-state index contributed by atoms with van der Waals surface area (Å²) in [5, 5.41) is 0. The third-order valence-corrected chi connectivity index (χ3v) is 2.50. The molecule has 0 atom stereocenters. The second-order valence-corrected chi connectivity index (χ2v) is 4.21. The van der Waals surface area contributed by atoms with E-state index < -0.39 is 11.8 Å². The van der Waals surface area contributed by atoms with Gasteiger partial charge < -0.3 is 4.74 Å². The van der Waals surface area contributed by atoms with Crippen molar-refractivity contribution in [3.8, 4) is 5.75 Å². The van der Waals surface area contributed by atoms with Gasteiger partial charge in [-0.1, -0.05) is 18.2 Å². The maximum Gasteiger partial charge on any atom is 0.410 e. The van der Waals surface area contributed by atoms with Gasteiger partial charge in [0.05, 0.1) is 0 Å². The Hall–Kier alpha value is -1.45. The fourth-order valence-corrected chi connectivity index (χ4v) is 1.85. The quantitative estimate of drug-likeness (QED) is 0.656.